The normalized spacial score (nSPS) is 20.5. The number of aromatic nitrogens is 2. The van der Waals surface area contributed by atoms with Gasteiger partial charge >= 0.3 is 0 Å². The van der Waals surface area contributed by atoms with Crippen LogP contribution in [-0.2, 0) is 12.8 Å². The monoisotopic (exact) mass is 255 g/mol. The second kappa shape index (κ2) is 4.12. The van der Waals surface area contributed by atoms with Crippen LogP contribution in [0, 0.1) is 5.41 Å². The number of rotatable bonds is 2. The van der Waals surface area contributed by atoms with Crippen molar-refractivity contribution in [1.29, 1.82) is 0 Å². The standard InChI is InChI=1S/C16H21N3/c1-4-13-15(17)18-10-19(13)14-12-8-6-5-7-11(12)9-16(14,2)3/h5-8,10,14H,4,9,17H2,1-3H3. The Morgan fingerprint density at radius 2 is 2.11 bits per heavy atom. The minimum atomic E-state index is 0.195. The molecule has 2 aromatic rings. The molecule has 1 aliphatic rings. The third kappa shape index (κ3) is 1.76. The van der Waals surface area contributed by atoms with E-state index in [1.54, 1.807) is 0 Å². The molecule has 2 N–H and O–H groups in total. The highest BCUT2D eigenvalue weighted by Crippen LogP contribution is 2.48. The van der Waals surface area contributed by atoms with Gasteiger partial charge < -0.3 is 10.3 Å². The Hall–Kier alpha value is -1.77. The summed E-state index contributed by atoms with van der Waals surface area (Å²) in [6.45, 7) is 6.79. The molecule has 1 heterocycles. The van der Waals surface area contributed by atoms with Crippen LogP contribution in [0.4, 0.5) is 5.82 Å². The predicted molar refractivity (Wildman–Crippen MR) is 78.1 cm³/mol. The molecule has 100 valence electrons. The number of hydrogen-bond acceptors (Lipinski definition) is 2. The van der Waals surface area contributed by atoms with E-state index in [1.807, 2.05) is 6.33 Å². The molecule has 3 nitrogen and oxygen atoms in total. The van der Waals surface area contributed by atoms with Gasteiger partial charge in [-0.1, -0.05) is 45.0 Å². The van der Waals surface area contributed by atoms with Gasteiger partial charge in [0.05, 0.1) is 18.1 Å². The van der Waals surface area contributed by atoms with E-state index >= 15 is 0 Å². The number of hydrogen-bond donors (Lipinski definition) is 1. The molecule has 1 atom stereocenters. The first-order valence-corrected chi connectivity index (χ1v) is 6.93. The van der Waals surface area contributed by atoms with Gasteiger partial charge in [-0.15, -0.1) is 0 Å². The van der Waals surface area contributed by atoms with Crippen LogP contribution in [0.2, 0.25) is 0 Å². The second-order valence-corrected chi connectivity index (χ2v) is 6.10. The number of nitrogen functional groups attached to an aromatic ring is 1. The average molecular weight is 255 g/mol. The molecule has 0 saturated heterocycles. The van der Waals surface area contributed by atoms with Gasteiger partial charge in [-0.2, -0.15) is 0 Å². The zero-order valence-corrected chi connectivity index (χ0v) is 11.9. The Balaban J connectivity index is 2.17. The van der Waals surface area contributed by atoms with Gasteiger partial charge in [0.2, 0.25) is 0 Å². The van der Waals surface area contributed by atoms with E-state index < -0.39 is 0 Å². The SMILES string of the molecule is CCc1c(N)ncn1C1c2ccccc2CC1(C)C. The van der Waals surface area contributed by atoms with E-state index in [-0.39, 0.29) is 5.41 Å². The van der Waals surface area contributed by atoms with E-state index in [9.17, 15) is 0 Å². The summed E-state index contributed by atoms with van der Waals surface area (Å²) >= 11 is 0. The smallest absolute Gasteiger partial charge is 0.144 e. The van der Waals surface area contributed by atoms with Crippen LogP contribution in [-0.4, -0.2) is 9.55 Å². The van der Waals surface area contributed by atoms with E-state index in [4.69, 9.17) is 5.73 Å². The third-order valence-electron chi connectivity index (χ3n) is 4.28. The van der Waals surface area contributed by atoms with Crippen LogP contribution in [0.3, 0.4) is 0 Å². The Kier molecular flexibility index (Phi) is 2.66. The number of nitrogens with zero attached hydrogens (tertiary/aromatic N) is 2. The summed E-state index contributed by atoms with van der Waals surface area (Å²) in [6.07, 6.45) is 3.93. The molecule has 0 fully saturated rings. The maximum Gasteiger partial charge on any atom is 0.144 e. The Labute approximate surface area is 114 Å². The van der Waals surface area contributed by atoms with Crippen molar-refractivity contribution >= 4 is 5.82 Å². The lowest BCUT2D eigenvalue weighted by Gasteiger charge is -2.30. The quantitative estimate of drug-likeness (QED) is 0.895. The predicted octanol–water partition coefficient (Wildman–Crippen LogP) is 3.20. The zero-order valence-electron chi connectivity index (χ0n) is 11.9. The summed E-state index contributed by atoms with van der Waals surface area (Å²) in [5.41, 5.74) is 10.2. The Morgan fingerprint density at radius 3 is 2.84 bits per heavy atom. The molecule has 0 radical (unpaired) electrons. The molecule has 0 amide bonds. The molecule has 1 aromatic carbocycles. The van der Waals surface area contributed by atoms with E-state index in [0.29, 0.717) is 11.9 Å². The molecule has 0 bridgehead atoms. The summed E-state index contributed by atoms with van der Waals surface area (Å²) in [5.74, 6) is 0.669. The molecule has 0 spiro atoms. The van der Waals surface area contributed by atoms with Crippen LogP contribution in [0.5, 0.6) is 0 Å². The van der Waals surface area contributed by atoms with Gasteiger partial charge in [0, 0.05) is 0 Å². The summed E-state index contributed by atoms with van der Waals surface area (Å²) in [6, 6.07) is 9.07. The lowest BCUT2D eigenvalue weighted by molar-refractivity contribution is 0.275. The van der Waals surface area contributed by atoms with Crippen molar-refractivity contribution in [2.75, 3.05) is 5.73 Å². The lowest BCUT2D eigenvalue weighted by atomic mass is 9.85. The average Bonchev–Trinajstić information content (AvgIpc) is 2.84. The van der Waals surface area contributed by atoms with Crippen molar-refractivity contribution in [3.8, 4) is 0 Å². The van der Waals surface area contributed by atoms with Crippen molar-refractivity contribution in [2.45, 2.75) is 39.7 Å². The molecular weight excluding hydrogens is 234 g/mol. The number of imidazole rings is 1. The lowest BCUT2D eigenvalue weighted by Crippen LogP contribution is -2.25. The summed E-state index contributed by atoms with van der Waals surface area (Å²) in [4.78, 5) is 4.31. The Morgan fingerprint density at radius 1 is 1.37 bits per heavy atom. The number of benzene rings is 1. The summed E-state index contributed by atoms with van der Waals surface area (Å²) < 4.78 is 2.28. The Bertz CT molecular complexity index is 610. The minimum absolute atomic E-state index is 0.195. The van der Waals surface area contributed by atoms with Gasteiger partial charge in [-0.3, -0.25) is 0 Å². The number of anilines is 1. The topological polar surface area (TPSA) is 43.8 Å². The molecule has 3 heteroatoms. The van der Waals surface area contributed by atoms with Crippen molar-refractivity contribution in [3.05, 3.63) is 47.4 Å². The van der Waals surface area contributed by atoms with E-state index in [0.717, 1.165) is 18.5 Å². The molecule has 1 unspecified atom stereocenters. The fourth-order valence-electron chi connectivity index (χ4n) is 3.48. The van der Waals surface area contributed by atoms with Gasteiger partial charge in [0.15, 0.2) is 0 Å². The molecule has 19 heavy (non-hydrogen) atoms. The van der Waals surface area contributed by atoms with Crippen LogP contribution in [0.1, 0.15) is 43.6 Å². The maximum absolute atomic E-state index is 6.00. The van der Waals surface area contributed by atoms with Gasteiger partial charge in [-0.05, 0) is 29.4 Å². The highest BCUT2D eigenvalue weighted by Gasteiger charge is 2.40. The summed E-state index contributed by atoms with van der Waals surface area (Å²) in [5, 5.41) is 0. The number of fused-ring (bicyclic) bond motifs is 1. The molecule has 0 aliphatic heterocycles. The first kappa shape index (κ1) is 12.3. The van der Waals surface area contributed by atoms with Gasteiger partial charge in [0.25, 0.3) is 0 Å². The van der Waals surface area contributed by atoms with Crippen LogP contribution < -0.4 is 5.73 Å². The van der Waals surface area contributed by atoms with Crippen molar-refractivity contribution in [2.24, 2.45) is 5.41 Å². The zero-order chi connectivity index (χ0) is 13.6. The third-order valence-corrected chi connectivity index (χ3v) is 4.28. The molecule has 1 aliphatic carbocycles. The maximum atomic E-state index is 6.00. The van der Waals surface area contributed by atoms with Crippen molar-refractivity contribution in [1.82, 2.24) is 9.55 Å². The van der Waals surface area contributed by atoms with Crippen molar-refractivity contribution < 1.29 is 0 Å². The van der Waals surface area contributed by atoms with Crippen LogP contribution >= 0.6 is 0 Å². The molecular formula is C16H21N3. The molecule has 3 rings (SSSR count). The molecule has 0 saturated carbocycles. The van der Waals surface area contributed by atoms with Gasteiger partial charge in [0.1, 0.15) is 5.82 Å². The largest absolute Gasteiger partial charge is 0.382 e. The fourth-order valence-corrected chi connectivity index (χ4v) is 3.48. The highest BCUT2D eigenvalue weighted by atomic mass is 15.1. The van der Waals surface area contributed by atoms with Crippen molar-refractivity contribution in [3.63, 3.8) is 0 Å². The highest BCUT2D eigenvalue weighted by molar-refractivity contribution is 5.42. The first-order chi connectivity index (χ1) is 9.04. The summed E-state index contributed by atoms with van der Waals surface area (Å²) in [7, 11) is 0. The van der Waals surface area contributed by atoms with Crippen LogP contribution in [0.15, 0.2) is 30.6 Å². The van der Waals surface area contributed by atoms with E-state index in [2.05, 4.69) is 54.6 Å². The second-order valence-electron chi connectivity index (χ2n) is 6.10. The van der Waals surface area contributed by atoms with Gasteiger partial charge in [-0.25, -0.2) is 4.98 Å². The first-order valence-electron chi connectivity index (χ1n) is 6.93. The fraction of sp³-hybridized carbons (Fsp3) is 0.438. The number of nitrogens with two attached hydrogens (primary N) is 1. The van der Waals surface area contributed by atoms with E-state index in [1.165, 1.54) is 11.1 Å². The molecule has 1 aromatic heterocycles. The minimum Gasteiger partial charge on any atom is -0.382 e. The van der Waals surface area contributed by atoms with Crippen LogP contribution in [0.25, 0.3) is 0 Å².